The average Bonchev–Trinajstić information content (AvgIpc) is 2.46. The number of hydrogen-bond acceptors (Lipinski definition) is 1. The molecule has 0 amide bonds. The summed E-state index contributed by atoms with van der Waals surface area (Å²) in [7, 11) is 0. The second-order valence-corrected chi connectivity index (χ2v) is 5.14. The Hall–Kier alpha value is 0.130. The van der Waals surface area contributed by atoms with E-state index in [1.54, 1.807) is 6.07 Å². The zero-order valence-corrected chi connectivity index (χ0v) is 10.2. The highest BCUT2D eigenvalue weighted by molar-refractivity contribution is 14.1. The monoisotopic (exact) mass is 326 g/mol. The quantitative estimate of drug-likeness (QED) is 0.539. The molecule has 0 fully saturated rings. The molecule has 0 aliphatic rings. The molecular formula is C9H5ClFIS. The third-order valence-electron chi connectivity index (χ3n) is 1.77. The largest absolute Gasteiger partial charge is 0.195 e. The highest BCUT2D eigenvalue weighted by Crippen LogP contribution is 2.30. The molecule has 0 saturated heterocycles. The molecule has 0 atom stereocenters. The predicted octanol–water partition coefficient (Wildman–Crippen LogP) is 4.38. The van der Waals surface area contributed by atoms with Gasteiger partial charge in [-0.3, -0.25) is 0 Å². The van der Waals surface area contributed by atoms with Crippen molar-refractivity contribution in [1.82, 2.24) is 0 Å². The van der Waals surface area contributed by atoms with Crippen molar-refractivity contribution in [3.8, 4) is 0 Å². The Labute approximate surface area is 97.8 Å². The Morgan fingerprint density at radius 3 is 2.85 bits per heavy atom. The standard InChI is InChI=1S/C9H5ClFIS/c10-4-5-1-7(12)6-3-9(11)13-8(6)2-5/h1-3H,4H2. The second kappa shape index (κ2) is 3.71. The molecule has 0 N–H and O–H groups in total. The van der Waals surface area contributed by atoms with Gasteiger partial charge in [0.05, 0.1) is 0 Å². The van der Waals surface area contributed by atoms with E-state index in [4.69, 9.17) is 11.6 Å². The SMILES string of the molecule is Fc1cc2c(I)cc(CCl)cc2s1. The number of alkyl halides is 1. The Bertz CT molecular complexity index is 452. The lowest BCUT2D eigenvalue weighted by atomic mass is 10.2. The fourth-order valence-electron chi connectivity index (χ4n) is 1.20. The molecule has 0 saturated carbocycles. The van der Waals surface area contributed by atoms with Crippen LogP contribution in [0, 0.1) is 8.70 Å². The van der Waals surface area contributed by atoms with E-state index in [0.29, 0.717) is 5.88 Å². The molecule has 2 rings (SSSR count). The fourth-order valence-corrected chi connectivity index (χ4v) is 3.26. The van der Waals surface area contributed by atoms with Gasteiger partial charge in [-0.2, -0.15) is 4.39 Å². The second-order valence-electron chi connectivity index (χ2n) is 2.67. The van der Waals surface area contributed by atoms with Crippen LogP contribution in [-0.4, -0.2) is 0 Å². The zero-order chi connectivity index (χ0) is 9.42. The van der Waals surface area contributed by atoms with Crippen molar-refractivity contribution in [2.75, 3.05) is 0 Å². The van der Waals surface area contributed by atoms with Gasteiger partial charge in [-0.1, -0.05) is 0 Å². The normalized spacial score (nSPS) is 11.0. The molecule has 13 heavy (non-hydrogen) atoms. The van der Waals surface area contributed by atoms with Crippen molar-refractivity contribution in [3.63, 3.8) is 0 Å². The third-order valence-corrected chi connectivity index (χ3v) is 3.84. The number of hydrogen-bond donors (Lipinski definition) is 0. The van der Waals surface area contributed by atoms with Gasteiger partial charge >= 0.3 is 0 Å². The maximum absolute atomic E-state index is 12.9. The zero-order valence-electron chi connectivity index (χ0n) is 6.48. The van der Waals surface area contributed by atoms with Gasteiger partial charge in [0, 0.05) is 19.5 Å². The highest BCUT2D eigenvalue weighted by atomic mass is 127. The van der Waals surface area contributed by atoms with Crippen LogP contribution in [0.15, 0.2) is 18.2 Å². The van der Waals surface area contributed by atoms with Crippen LogP contribution in [0.2, 0.25) is 0 Å². The molecule has 0 aliphatic heterocycles. The Morgan fingerprint density at radius 2 is 2.15 bits per heavy atom. The summed E-state index contributed by atoms with van der Waals surface area (Å²) in [5, 5.41) is 0.844. The maximum atomic E-state index is 12.9. The van der Waals surface area contributed by atoms with Crippen molar-refractivity contribution in [2.45, 2.75) is 5.88 Å². The summed E-state index contributed by atoms with van der Waals surface area (Å²) in [4.78, 5) is 0. The predicted molar refractivity (Wildman–Crippen MR) is 64.1 cm³/mol. The van der Waals surface area contributed by atoms with Gasteiger partial charge < -0.3 is 0 Å². The van der Waals surface area contributed by atoms with E-state index in [9.17, 15) is 4.39 Å². The Kier molecular flexibility index (Phi) is 2.76. The van der Waals surface area contributed by atoms with Crippen LogP contribution in [0.4, 0.5) is 4.39 Å². The van der Waals surface area contributed by atoms with Crippen LogP contribution < -0.4 is 0 Å². The number of rotatable bonds is 1. The lowest BCUT2D eigenvalue weighted by Gasteiger charge is -1.97. The molecule has 0 unspecified atom stereocenters. The van der Waals surface area contributed by atoms with Crippen molar-refractivity contribution in [1.29, 1.82) is 0 Å². The molecule has 2 aromatic rings. The van der Waals surface area contributed by atoms with E-state index in [1.807, 2.05) is 12.1 Å². The highest BCUT2D eigenvalue weighted by Gasteiger charge is 2.05. The molecule has 0 aliphatic carbocycles. The van der Waals surface area contributed by atoms with Crippen LogP contribution in [0.25, 0.3) is 10.1 Å². The Morgan fingerprint density at radius 1 is 1.38 bits per heavy atom. The summed E-state index contributed by atoms with van der Waals surface area (Å²) in [6.45, 7) is 0. The smallest absolute Gasteiger partial charge is 0.177 e. The molecule has 68 valence electrons. The van der Waals surface area contributed by atoms with E-state index in [0.717, 1.165) is 19.2 Å². The first-order valence-corrected chi connectivity index (χ1v) is 6.07. The van der Waals surface area contributed by atoms with E-state index in [2.05, 4.69) is 22.6 Å². The van der Waals surface area contributed by atoms with Gasteiger partial charge in [0.25, 0.3) is 0 Å². The molecule has 0 radical (unpaired) electrons. The van der Waals surface area contributed by atoms with Gasteiger partial charge in [-0.15, -0.1) is 22.9 Å². The first kappa shape index (κ1) is 9.68. The minimum absolute atomic E-state index is 0.139. The van der Waals surface area contributed by atoms with Gasteiger partial charge in [-0.05, 0) is 46.4 Å². The molecule has 4 heteroatoms. The van der Waals surface area contributed by atoms with E-state index < -0.39 is 0 Å². The maximum Gasteiger partial charge on any atom is 0.177 e. The number of benzene rings is 1. The summed E-state index contributed by atoms with van der Waals surface area (Å²) in [6, 6.07) is 5.50. The number of halogens is 3. The van der Waals surface area contributed by atoms with Gasteiger partial charge in [0.15, 0.2) is 5.13 Å². The van der Waals surface area contributed by atoms with Crippen molar-refractivity contribution >= 4 is 55.6 Å². The van der Waals surface area contributed by atoms with Crippen LogP contribution in [-0.2, 0) is 5.88 Å². The molecule has 1 aromatic heterocycles. The molecule has 0 spiro atoms. The van der Waals surface area contributed by atoms with Crippen LogP contribution in [0.5, 0.6) is 0 Å². The van der Waals surface area contributed by atoms with Gasteiger partial charge in [-0.25, -0.2) is 0 Å². The third kappa shape index (κ3) is 1.82. The number of thiophene rings is 1. The van der Waals surface area contributed by atoms with Crippen LogP contribution >= 0.6 is 45.5 Å². The molecular weight excluding hydrogens is 322 g/mol. The van der Waals surface area contributed by atoms with Gasteiger partial charge in [0.1, 0.15) is 0 Å². The molecule has 0 nitrogen and oxygen atoms in total. The summed E-state index contributed by atoms with van der Waals surface area (Å²) in [6.07, 6.45) is 0. The minimum Gasteiger partial charge on any atom is -0.195 e. The Balaban J connectivity index is 2.75. The summed E-state index contributed by atoms with van der Waals surface area (Å²) in [5.41, 5.74) is 1.04. The fraction of sp³-hybridized carbons (Fsp3) is 0.111. The first-order valence-electron chi connectivity index (χ1n) is 3.64. The van der Waals surface area contributed by atoms with Crippen molar-refractivity contribution in [2.24, 2.45) is 0 Å². The van der Waals surface area contributed by atoms with E-state index >= 15 is 0 Å². The average molecular weight is 327 g/mol. The first-order chi connectivity index (χ1) is 6.20. The molecule has 1 aromatic carbocycles. The lowest BCUT2D eigenvalue weighted by Crippen LogP contribution is -1.79. The summed E-state index contributed by atoms with van der Waals surface area (Å²) >= 11 is 9.08. The van der Waals surface area contributed by atoms with E-state index in [-0.39, 0.29) is 5.13 Å². The molecule has 1 heterocycles. The summed E-state index contributed by atoms with van der Waals surface area (Å²) in [5.74, 6) is 0.478. The minimum atomic E-state index is -0.139. The lowest BCUT2D eigenvalue weighted by molar-refractivity contribution is 0.658. The van der Waals surface area contributed by atoms with Crippen LogP contribution in [0.1, 0.15) is 5.56 Å². The topological polar surface area (TPSA) is 0 Å². The van der Waals surface area contributed by atoms with Gasteiger partial charge in [0.2, 0.25) is 0 Å². The molecule has 0 bridgehead atoms. The van der Waals surface area contributed by atoms with Crippen molar-refractivity contribution < 1.29 is 4.39 Å². The van der Waals surface area contributed by atoms with Crippen LogP contribution in [0.3, 0.4) is 0 Å². The summed E-state index contributed by atoms with van der Waals surface area (Å²) < 4.78 is 15.0. The van der Waals surface area contributed by atoms with E-state index in [1.165, 1.54) is 11.3 Å². The van der Waals surface area contributed by atoms with Crippen molar-refractivity contribution in [3.05, 3.63) is 32.5 Å². The number of fused-ring (bicyclic) bond motifs is 1.